The van der Waals surface area contributed by atoms with Gasteiger partial charge in [0.2, 0.25) is 5.75 Å². The van der Waals surface area contributed by atoms with Crippen molar-refractivity contribution in [3.63, 3.8) is 0 Å². The molecule has 1 aromatic heterocycles. The molecule has 0 radical (unpaired) electrons. The fourth-order valence-corrected chi connectivity index (χ4v) is 3.35. The van der Waals surface area contributed by atoms with E-state index in [1.165, 1.54) is 44.3 Å². The molecule has 8 nitrogen and oxygen atoms in total. The van der Waals surface area contributed by atoms with E-state index in [1.807, 2.05) is 18.2 Å². The van der Waals surface area contributed by atoms with E-state index in [-0.39, 0.29) is 23.3 Å². The Morgan fingerprint density at radius 3 is 2.60 bits per heavy atom. The van der Waals surface area contributed by atoms with Gasteiger partial charge in [-0.1, -0.05) is 24.3 Å². The molecule has 0 fully saturated rings. The summed E-state index contributed by atoms with van der Waals surface area (Å²) in [5.41, 5.74) is 2.29. The monoisotopic (exact) mass is 412 g/mol. The third kappa shape index (κ3) is 4.94. The Morgan fingerprint density at radius 2 is 1.90 bits per heavy atom. The molecule has 30 heavy (non-hydrogen) atoms. The first-order valence-corrected chi connectivity index (χ1v) is 9.68. The van der Waals surface area contributed by atoms with Crippen LogP contribution in [0.1, 0.15) is 41.9 Å². The highest BCUT2D eigenvalue weighted by Crippen LogP contribution is 2.29. The molecule has 1 unspecified atom stereocenters. The van der Waals surface area contributed by atoms with Gasteiger partial charge in [-0.05, 0) is 30.9 Å². The topological polar surface area (TPSA) is 104 Å². The summed E-state index contributed by atoms with van der Waals surface area (Å²) in [5, 5.41) is 2.55. The lowest BCUT2D eigenvalue weighted by Crippen LogP contribution is -2.42. The van der Waals surface area contributed by atoms with Crippen LogP contribution in [-0.4, -0.2) is 42.1 Å². The van der Waals surface area contributed by atoms with Crippen molar-refractivity contribution in [1.29, 1.82) is 0 Å². The zero-order valence-electron chi connectivity index (χ0n) is 17.1. The van der Waals surface area contributed by atoms with Crippen LogP contribution in [0.15, 0.2) is 36.5 Å². The molecule has 0 aliphatic heterocycles. The van der Waals surface area contributed by atoms with Gasteiger partial charge in [-0.25, -0.2) is 9.78 Å². The summed E-state index contributed by atoms with van der Waals surface area (Å²) in [6, 6.07) is 8.64. The second-order valence-corrected chi connectivity index (χ2v) is 7.05. The van der Waals surface area contributed by atoms with Crippen LogP contribution in [0.25, 0.3) is 0 Å². The number of amides is 1. The molecule has 0 saturated heterocycles. The van der Waals surface area contributed by atoms with Crippen molar-refractivity contribution >= 4 is 17.8 Å². The summed E-state index contributed by atoms with van der Waals surface area (Å²) < 4.78 is 15.8. The van der Waals surface area contributed by atoms with Crippen molar-refractivity contribution in [2.75, 3.05) is 7.11 Å². The van der Waals surface area contributed by atoms with Crippen molar-refractivity contribution in [1.82, 2.24) is 10.3 Å². The van der Waals surface area contributed by atoms with Crippen LogP contribution in [0.3, 0.4) is 0 Å². The lowest BCUT2D eigenvalue weighted by atomic mass is 9.90. The first-order chi connectivity index (χ1) is 14.4. The fraction of sp³-hybridized carbons (Fsp3) is 0.364. The number of nitrogens with one attached hydrogen (secondary N) is 1. The Hall–Kier alpha value is -3.42. The fourth-order valence-electron chi connectivity index (χ4n) is 3.35. The maximum absolute atomic E-state index is 12.7. The van der Waals surface area contributed by atoms with Gasteiger partial charge in [0, 0.05) is 25.6 Å². The third-order valence-electron chi connectivity index (χ3n) is 4.83. The number of fused-ring (bicyclic) bond motifs is 1. The Bertz CT molecular complexity index is 958. The summed E-state index contributed by atoms with van der Waals surface area (Å²) in [4.78, 5) is 40.5. The van der Waals surface area contributed by atoms with E-state index in [0.717, 1.165) is 12.8 Å². The number of aryl methyl sites for hydroxylation is 1. The van der Waals surface area contributed by atoms with Gasteiger partial charge in [0.1, 0.15) is 12.1 Å². The standard InChI is InChI=1S/C22H24N2O6/c1-13(22(27)30-17-9-8-15-6-4-5-7-16(15)12-17)24-21(26)19-20(29-14(2)25)18(28-3)10-11-23-19/h4-7,10-11,13,17H,8-9,12H2,1-3H3,(H,24,26)/t13-,17?/m0/s1. The van der Waals surface area contributed by atoms with E-state index in [2.05, 4.69) is 16.4 Å². The molecule has 1 N–H and O–H groups in total. The summed E-state index contributed by atoms with van der Waals surface area (Å²) in [7, 11) is 1.38. The van der Waals surface area contributed by atoms with E-state index in [9.17, 15) is 14.4 Å². The van der Waals surface area contributed by atoms with Crippen molar-refractivity contribution in [3.8, 4) is 11.5 Å². The Balaban J connectivity index is 1.64. The zero-order valence-corrected chi connectivity index (χ0v) is 17.1. The quantitative estimate of drug-likeness (QED) is 0.726. The predicted octanol–water partition coefficient (Wildman–Crippen LogP) is 2.23. The molecule has 1 amide bonds. The molecule has 158 valence electrons. The van der Waals surface area contributed by atoms with E-state index < -0.39 is 23.9 Å². The van der Waals surface area contributed by atoms with Crippen molar-refractivity contribution in [2.45, 2.75) is 45.3 Å². The normalized spacial score (nSPS) is 16.0. The molecular weight excluding hydrogens is 388 g/mol. The summed E-state index contributed by atoms with van der Waals surface area (Å²) in [5.74, 6) is -1.76. The van der Waals surface area contributed by atoms with E-state index in [4.69, 9.17) is 14.2 Å². The number of hydrogen-bond acceptors (Lipinski definition) is 7. The van der Waals surface area contributed by atoms with Gasteiger partial charge in [0.25, 0.3) is 5.91 Å². The SMILES string of the molecule is COc1ccnc(C(=O)N[C@@H](C)C(=O)OC2CCc3ccccc3C2)c1OC(C)=O. The lowest BCUT2D eigenvalue weighted by Gasteiger charge is -2.26. The first-order valence-electron chi connectivity index (χ1n) is 9.68. The second kappa shape index (κ2) is 9.39. The van der Waals surface area contributed by atoms with E-state index in [1.54, 1.807) is 0 Å². The number of pyridine rings is 1. The maximum atomic E-state index is 12.7. The molecule has 1 aliphatic rings. The van der Waals surface area contributed by atoms with Gasteiger partial charge in [0.15, 0.2) is 11.4 Å². The maximum Gasteiger partial charge on any atom is 0.328 e. The van der Waals surface area contributed by atoms with Gasteiger partial charge in [-0.3, -0.25) is 9.59 Å². The largest absolute Gasteiger partial charge is 0.493 e. The number of nitrogens with zero attached hydrogens (tertiary/aromatic N) is 1. The van der Waals surface area contributed by atoms with Crippen LogP contribution < -0.4 is 14.8 Å². The summed E-state index contributed by atoms with van der Waals surface area (Å²) in [6.45, 7) is 2.74. The minimum atomic E-state index is -0.909. The average molecular weight is 412 g/mol. The van der Waals surface area contributed by atoms with Gasteiger partial charge in [0.05, 0.1) is 7.11 Å². The Kier molecular flexibility index (Phi) is 6.66. The number of esters is 2. The molecule has 2 aromatic rings. The molecule has 0 saturated carbocycles. The van der Waals surface area contributed by atoms with Crippen LogP contribution in [0, 0.1) is 0 Å². The van der Waals surface area contributed by atoms with E-state index in [0.29, 0.717) is 6.42 Å². The lowest BCUT2D eigenvalue weighted by molar-refractivity contribution is -0.151. The highest BCUT2D eigenvalue weighted by atomic mass is 16.6. The van der Waals surface area contributed by atoms with Crippen LogP contribution in [0.4, 0.5) is 0 Å². The van der Waals surface area contributed by atoms with Crippen molar-refractivity contribution < 1.29 is 28.6 Å². The average Bonchev–Trinajstić information content (AvgIpc) is 2.73. The highest BCUT2D eigenvalue weighted by Gasteiger charge is 2.27. The van der Waals surface area contributed by atoms with Crippen molar-refractivity contribution in [2.24, 2.45) is 0 Å². The number of carbonyl (C=O) groups excluding carboxylic acids is 3. The number of aromatic nitrogens is 1. The summed E-state index contributed by atoms with van der Waals surface area (Å²) >= 11 is 0. The van der Waals surface area contributed by atoms with Gasteiger partial charge < -0.3 is 19.5 Å². The Morgan fingerprint density at radius 1 is 1.17 bits per heavy atom. The van der Waals surface area contributed by atoms with E-state index >= 15 is 0 Å². The molecule has 1 aromatic carbocycles. The van der Waals surface area contributed by atoms with Crippen LogP contribution >= 0.6 is 0 Å². The highest BCUT2D eigenvalue weighted by molar-refractivity contribution is 5.98. The Labute approximate surface area is 174 Å². The minimum Gasteiger partial charge on any atom is -0.493 e. The third-order valence-corrected chi connectivity index (χ3v) is 4.83. The van der Waals surface area contributed by atoms with Gasteiger partial charge in [-0.15, -0.1) is 0 Å². The number of rotatable bonds is 6. The number of benzene rings is 1. The van der Waals surface area contributed by atoms with Gasteiger partial charge in [-0.2, -0.15) is 0 Å². The minimum absolute atomic E-state index is 0.102. The number of carbonyl (C=O) groups is 3. The molecule has 0 spiro atoms. The molecule has 8 heteroatoms. The molecule has 0 bridgehead atoms. The van der Waals surface area contributed by atoms with Crippen molar-refractivity contribution in [3.05, 3.63) is 53.3 Å². The number of methoxy groups -OCH3 is 1. The molecule has 1 aliphatic carbocycles. The van der Waals surface area contributed by atoms with Crippen LogP contribution in [-0.2, 0) is 27.2 Å². The molecular formula is C22H24N2O6. The molecule has 1 heterocycles. The zero-order chi connectivity index (χ0) is 21.7. The smallest absolute Gasteiger partial charge is 0.328 e. The second-order valence-electron chi connectivity index (χ2n) is 7.05. The molecule has 2 atom stereocenters. The number of hydrogen-bond donors (Lipinski definition) is 1. The number of ether oxygens (including phenoxy) is 3. The predicted molar refractivity (Wildman–Crippen MR) is 107 cm³/mol. The van der Waals surface area contributed by atoms with Crippen LogP contribution in [0.5, 0.6) is 11.5 Å². The summed E-state index contributed by atoms with van der Waals surface area (Å²) in [6.07, 6.45) is 3.34. The molecule has 3 rings (SSSR count). The van der Waals surface area contributed by atoms with Gasteiger partial charge >= 0.3 is 11.9 Å². The first kappa shape index (κ1) is 21.3. The van der Waals surface area contributed by atoms with Crippen LogP contribution in [0.2, 0.25) is 0 Å².